The molecule has 0 saturated carbocycles. The number of likely N-dealkylation sites (tertiary alicyclic amines) is 1. The molecule has 0 atom stereocenters. The summed E-state index contributed by atoms with van der Waals surface area (Å²) in [6, 6.07) is 23.6. The minimum atomic E-state index is -0.274. The molecule has 0 radical (unpaired) electrons. The number of ketones is 1. The molecule has 0 aromatic heterocycles. The fourth-order valence-electron chi connectivity index (χ4n) is 5.04. The molecule has 0 aliphatic carbocycles. The summed E-state index contributed by atoms with van der Waals surface area (Å²) in [6.07, 6.45) is 4.38. The van der Waals surface area contributed by atoms with E-state index in [9.17, 15) is 9.18 Å². The van der Waals surface area contributed by atoms with Crippen LogP contribution in [0.1, 0.15) is 46.3 Å². The number of hydrogen-bond acceptors (Lipinski definition) is 4. The second-order valence-corrected chi connectivity index (χ2v) is 9.59. The Morgan fingerprint density at radius 1 is 0.865 bits per heavy atom. The highest BCUT2D eigenvalue weighted by Gasteiger charge is 2.19. The van der Waals surface area contributed by atoms with Crippen molar-refractivity contribution in [1.82, 2.24) is 4.90 Å². The van der Waals surface area contributed by atoms with Gasteiger partial charge in [-0.2, -0.15) is 0 Å². The van der Waals surface area contributed by atoms with Gasteiger partial charge in [-0.25, -0.2) is 4.39 Å². The van der Waals surface area contributed by atoms with E-state index in [1.54, 1.807) is 19.2 Å². The molecule has 1 aliphatic heterocycles. The van der Waals surface area contributed by atoms with Crippen LogP contribution >= 0.6 is 0 Å². The summed E-state index contributed by atoms with van der Waals surface area (Å²) in [5, 5.41) is 1.80. The summed E-state index contributed by atoms with van der Waals surface area (Å²) in [7, 11) is 1.63. The van der Waals surface area contributed by atoms with E-state index in [4.69, 9.17) is 9.47 Å². The molecule has 1 aliphatic rings. The minimum absolute atomic E-state index is 0.0484. The van der Waals surface area contributed by atoms with Gasteiger partial charge in [0.2, 0.25) is 0 Å². The predicted octanol–water partition coefficient (Wildman–Crippen LogP) is 6.67. The summed E-state index contributed by atoms with van der Waals surface area (Å²) in [5.41, 5.74) is 3.10. The third-order valence-electron chi connectivity index (χ3n) is 7.09. The Labute approximate surface area is 217 Å². The van der Waals surface area contributed by atoms with Crippen LogP contribution in [0.4, 0.5) is 4.39 Å². The molecule has 0 unspecified atom stereocenters. The maximum absolute atomic E-state index is 13.9. The molecule has 0 N–H and O–H groups in total. The quantitative estimate of drug-likeness (QED) is 0.242. The maximum Gasteiger partial charge on any atom is 0.193 e. The monoisotopic (exact) mass is 497 g/mol. The first-order valence-electron chi connectivity index (χ1n) is 12.9. The molecule has 37 heavy (non-hydrogen) atoms. The van der Waals surface area contributed by atoms with Crippen molar-refractivity contribution in [3.05, 3.63) is 107 Å². The lowest BCUT2D eigenvalue weighted by Gasteiger charge is -2.26. The minimum Gasteiger partial charge on any atom is -0.497 e. The van der Waals surface area contributed by atoms with Gasteiger partial charge in [0.05, 0.1) is 7.11 Å². The van der Waals surface area contributed by atoms with Gasteiger partial charge in [-0.3, -0.25) is 9.69 Å². The summed E-state index contributed by atoms with van der Waals surface area (Å²) in [4.78, 5) is 16.3. The first-order chi connectivity index (χ1) is 18.1. The fraction of sp³-hybridized carbons (Fsp3) is 0.281. The first kappa shape index (κ1) is 25.0. The Morgan fingerprint density at radius 3 is 2.32 bits per heavy atom. The fourth-order valence-corrected chi connectivity index (χ4v) is 5.04. The third kappa shape index (κ3) is 6.00. The SMILES string of the molecule is COc1ccc2c(C(=O)c3ccc(OCCN4CCCCC4)cc3)c(Cc3ccc(F)cc3)ccc2c1. The number of piperidine rings is 1. The van der Waals surface area contributed by atoms with Gasteiger partial charge in [0, 0.05) is 17.7 Å². The lowest BCUT2D eigenvalue weighted by atomic mass is 9.89. The van der Waals surface area contributed by atoms with E-state index in [1.807, 2.05) is 54.6 Å². The van der Waals surface area contributed by atoms with Crippen molar-refractivity contribution in [3.63, 3.8) is 0 Å². The van der Waals surface area contributed by atoms with Crippen LogP contribution in [-0.2, 0) is 6.42 Å². The third-order valence-corrected chi connectivity index (χ3v) is 7.09. The number of halogens is 1. The number of methoxy groups -OCH3 is 1. The van der Waals surface area contributed by atoms with Crippen LogP contribution in [0.15, 0.2) is 78.9 Å². The number of nitrogens with zero attached hydrogens (tertiary/aromatic N) is 1. The zero-order valence-corrected chi connectivity index (χ0v) is 21.2. The van der Waals surface area contributed by atoms with Crippen LogP contribution in [0.3, 0.4) is 0 Å². The largest absolute Gasteiger partial charge is 0.497 e. The van der Waals surface area contributed by atoms with E-state index in [0.717, 1.165) is 53.0 Å². The van der Waals surface area contributed by atoms with Gasteiger partial charge in [0.25, 0.3) is 0 Å². The lowest BCUT2D eigenvalue weighted by Crippen LogP contribution is -2.33. The Balaban J connectivity index is 1.40. The molecule has 4 aromatic carbocycles. The topological polar surface area (TPSA) is 38.8 Å². The Bertz CT molecular complexity index is 1360. The lowest BCUT2D eigenvalue weighted by molar-refractivity contribution is 0.103. The molecular weight excluding hydrogens is 465 g/mol. The normalized spacial score (nSPS) is 14.0. The Kier molecular flexibility index (Phi) is 7.81. The van der Waals surface area contributed by atoms with Crippen LogP contribution in [-0.4, -0.2) is 44.0 Å². The number of ether oxygens (including phenoxy) is 2. The average molecular weight is 498 g/mol. The molecule has 0 amide bonds. The molecule has 5 rings (SSSR count). The number of benzene rings is 4. The van der Waals surface area contributed by atoms with Crippen molar-refractivity contribution in [2.24, 2.45) is 0 Å². The Hall–Kier alpha value is -3.70. The van der Waals surface area contributed by atoms with Crippen LogP contribution < -0.4 is 9.47 Å². The molecule has 1 fully saturated rings. The van der Waals surface area contributed by atoms with Gasteiger partial charge in [-0.1, -0.05) is 30.7 Å². The number of carbonyl (C=O) groups excluding carboxylic acids is 1. The highest BCUT2D eigenvalue weighted by atomic mass is 19.1. The predicted molar refractivity (Wildman–Crippen MR) is 145 cm³/mol. The molecule has 4 nitrogen and oxygen atoms in total. The van der Waals surface area contributed by atoms with Gasteiger partial charge in [0.15, 0.2) is 5.78 Å². The van der Waals surface area contributed by atoms with Crippen molar-refractivity contribution in [2.45, 2.75) is 25.7 Å². The van der Waals surface area contributed by atoms with Crippen molar-refractivity contribution >= 4 is 16.6 Å². The van der Waals surface area contributed by atoms with E-state index in [0.29, 0.717) is 24.2 Å². The second-order valence-electron chi connectivity index (χ2n) is 9.59. The molecule has 0 spiro atoms. The van der Waals surface area contributed by atoms with Crippen molar-refractivity contribution in [1.29, 1.82) is 0 Å². The maximum atomic E-state index is 13.9. The smallest absolute Gasteiger partial charge is 0.193 e. The number of fused-ring (bicyclic) bond motifs is 1. The molecule has 1 saturated heterocycles. The van der Waals surface area contributed by atoms with Gasteiger partial charge in [-0.05, 0) is 109 Å². The number of hydrogen-bond donors (Lipinski definition) is 0. The average Bonchev–Trinajstić information content (AvgIpc) is 2.94. The zero-order valence-electron chi connectivity index (χ0n) is 21.2. The number of carbonyl (C=O) groups is 1. The summed E-state index contributed by atoms with van der Waals surface area (Å²) in [5.74, 6) is 1.18. The standard InChI is InChI=1S/C32H32FNO3/c1-36-29-15-16-30-25(22-29)7-8-26(21-23-5-11-27(33)12-6-23)31(30)32(35)24-9-13-28(14-10-24)37-20-19-34-17-3-2-4-18-34/h5-16,22H,2-4,17-21H2,1H3. The first-order valence-corrected chi connectivity index (χ1v) is 12.9. The van der Waals surface area contributed by atoms with E-state index < -0.39 is 0 Å². The summed E-state index contributed by atoms with van der Waals surface area (Å²) < 4.78 is 24.8. The van der Waals surface area contributed by atoms with Gasteiger partial charge < -0.3 is 9.47 Å². The van der Waals surface area contributed by atoms with Crippen LogP contribution in [0.2, 0.25) is 0 Å². The van der Waals surface area contributed by atoms with Crippen LogP contribution in [0, 0.1) is 5.82 Å². The van der Waals surface area contributed by atoms with Crippen molar-refractivity contribution in [2.75, 3.05) is 33.4 Å². The Morgan fingerprint density at radius 2 is 1.59 bits per heavy atom. The van der Waals surface area contributed by atoms with Crippen LogP contribution in [0.25, 0.3) is 10.8 Å². The van der Waals surface area contributed by atoms with E-state index >= 15 is 0 Å². The number of rotatable bonds is 9. The summed E-state index contributed by atoms with van der Waals surface area (Å²) in [6.45, 7) is 3.86. The van der Waals surface area contributed by atoms with Crippen LogP contribution in [0.5, 0.6) is 11.5 Å². The van der Waals surface area contributed by atoms with Gasteiger partial charge in [0.1, 0.15) is 23.9 Å². The molecule has 1 heterocycles. The van der Waals surface area contributed by atoms with E-state index in [1.165, 1.54) is 31.4 Å². The molecule has 0 bridgehead atoms. The second kappa shape index (κ2) is 11.6. The van der Waals surface area contributed by atoms with Gasteiger partial charge >= 0.3 is 0 Å². The summed E-state index contributed by atoms with van der Waals surface area (Å²) >= 11 is 0. The zero-order chi connectivity index (χ0) is 25.6. The molecule has 5 heteroatoms. The highest BCUT2D eigenvalue weighted by Crippen LogP contribution is 2.30. The molecule has 4 aromatic rings. The van der Waals surface area contributed by atoms with E-state index in [2.05, 4.69) is 4.90 Å². The molecule has 190 valence electrons. The molecular formula is C32H32FNO3. The van der Waals surface area contributed by atoms with E-state index in [-0.39, 0.29) is 11.6 Å². The van der Waals surface area contributed by atoms with Gasteiger partial charge in [-0.15, -0.1) is 0 Å². The van der Waals surface area contributed by atoms with Crippen molar-refractivity contribution < 1.29 is 18.7 Å². The highest BCUT2D eigenvalue weighted by molar-refractivity contribution is 6.17. The van der Waals surface area contributed by atoms with Crippen molar-refractivity contribution in [3.8, 4) is 11.5 Å².